The number of likely N-dealkylation sites (tertiary alicyclic amines) is 1. The maximum absolute atomic E-state index is 13.7. The Labute approximate surface area is 238 Å². The van der Waals surface area contributed by atoms with Gasteiger partial charge in [0.15, 0.2) is 0 Å². The molecule has 214 valence electrons. The van der Waals surface area contributed by atoms with Crippen molar-refractivity contribution < 1.29 is 28.7 Å². The predicted octanol–water partition coefficient (Wildman–Crippen LogP) is 4.79. The van der Waals surface area contributed by atoms with E-state index in [-0.39, 0.29) is 30.4 Å². The monoisotopic (exact) mass is 568 g/mol. The summed E-state index contributed by atoms with van der Waals surface area (Å²) in [4.78, 5) is 56.6. The van der Waals surface area contributed by atoms with Crippen LogP contribution >= 0.6 is 11.3 Å². The number of ether oxygens (including phenoxy) is 2. The third-order valence-corrected chi connectivity index (χ3v) is 8.88. The van der Waals surface area contributed by atoms with Gasteiger partial charge < -0.3 is 29.9 Å². The smallest absolute Gasteiger partial charge is 0.410 e. The number of rotatable bonds is 8. The number of fused-ring (bicyclic) bond motifs is 1. The van der Waals surface area contributed by atoms with Gasteiger partial charge in [-0.25, -0.2) is 4.79 Å². The molecule has 0 spiro atoms. The molecule has 0 radical (unpaired) electrons. The zero-order valence-corrected chi connectivity index (χ0v) is 23.8. The van der Waals surface area contributed by atoms with Crippen LogP contribution in [0.5, 0.6) is 5.75 Å². The Balaban J connectivity index is 1.41. The van der Waals surface area contributed by atoms with E-state index < -0.39 is 12.1 Å². The van der Waals surface area contributed by atoms with Gasteiger partial charge in [0.05, 0.1) is 25.3 Å². The van der Waals surface area contributed by atoms with Gasteiger partial charge in [0.1, 0.15) is 16.8 Å². The molecule has 40 heavy (non-hydrogen) atoms. The van der Waals surface area contributed by atoms with E-state index in [1.54, 1.807) is 41.0 Å². The van der Waals surface area contributed by atoms with Crippen LogP contribution in [0, 0.1) is 0 Å². The van der Waals surface area contributed by atoms with Crippen LogP contribution in [-0.2, 0) is 27.3 Å². The molecule has 0 unspecified atom stereocenters. The summed E-state index contributed by atoms with van der Waals surface area (Å²) in [6.45, 7) is 5.20. The largest absolute Gasteiger partial charge is 0.494 e. The lowest BCUT2D eigenvalue weighted by Gasteiger charge is -2.29. The van der Waals surface area contributed by atoms with E-state index in [1.807, 2.05) is 6.92 Å². The highest BCUT2D eigenvalue weighted by molar-refractivity contribution is 7.17. The molecular weight excluding hydrogens is 532 g/mol. The van der Waals surface area contributed by atoms with E-state index in [1.165, 1.54) is 11.3 Å². The van der Waals surface area contributed by atoms with Crippen molar-refractivity contribution in [3.8, 4) is 5.75 Å². The minimum Gasteiger partial charge on any atom is -0.494 e. The number of amides is 4. The number of nitrogens with one attached hydrogen (secondary N) is 2. The highest BCUT2D eigenvalue weighted by atomic mass is 32.1. The van der Waals surface area contributed by atoms with Gasteiger partial charge in [-0.05, 0) is 69.4 Å². The minimum absolute atomic E-state index is 0.0241. The number of hydrogen-bond acceptors (Lipinski definition) is 7. The maximum atomic E-state index is 13.7. The Morgan fingerprint density at radius 2 is 1.75 bits per heavy atom. The second-order valence-corrected chi connectivity index (χ2v) is 11.4. The third-order valence-electron chi connectivity index (χ3n) is 7.75. The van der Waals surface area contributed by atoms with Crippen LogP contribution in [0.2, 0.25) is 0 Å². The van der Waals surface area contributed by atoms with Gasteiger partial charge >= 0.3 is 6.09 Å². The van der Waals surface area contributed by atoms with E-state index in [9.17, 15) is 19.2 Å². The molecule has 2 fully saturated rings. The lowest BCUT2D eigenvalue weighted by atomic mass is 10.0. The number of anilines is 2. The Bertz CT molecular complexity index is 1270. The lowest BCUT2D eigenvalue weighted by molar-refractivity contribution is -0.135. The van der Waals surface area contributed by atoms with Gasteiger partial charge in [-0.1, -0.05) is 12.8 Å². The van der Waals surface area contributed by atoms with E-state index in [2.05, 4.69) is 10.6 Å². The zero-order valence-electron chi connectivity index (χ0n) is 23.0. The van der Waals surface area contributed by atoms with Crippen molar-refractivity contribution in [3.63, 3.8) is 0 Å². The normalized spacial score (nSPS) is 18.9. The molecule has 2 aliphatic heterocycles. The first-order valence-corrected chi connectivity index (χ1v) is 14.9. The van der Waals surface area contributed by atoms with E-state index in [0.29, 0.717) is 61.0 Å². The average molecular weight is 569 g/mol. The first kappa shape index (κ1) is 27.9. The standard InChI is InChI=1S/C29H36N4O6S/c1-3-38-20-11-9-18(10-12-20)30-27(36)25-21-15-16-32(29(37)39-4-2)17-23(21)40-28(25)31-26(35)22-13-14-24(34)33(22)19-7-5-6-8-19/h9-12,19,22H,3-8,13-17H2,1-2H3,(H,30,36)(H,31,35)/t22-/m1/s1. The van der Waals surface area contributed by atoms with Gasteiger partial charge in [-0.2, -0.15) is 0 Å². The van der Waals surface area contributed by atoms with E-state index in [0.717, 1.165) is 36.1 Å². The molecule has 11 heteroatoms. The maximum Gasteiger partial charge on any atom is 0.410 e. The van der Waals surface area contributed by atoms with E-state index >= 15 is 0 Å². The van der Waals surface area contributed by atoms with Crippen LogP contribution in [0.15, 0.2) is 24.3 Å². The molecule has 1 aliphatic carbocycles. The molecule has 1 aromatic carbocycles. The number of thiophene rings is 1. The Hall–Kier alpha value is -3.60. The number of nitrogens with zero attached hydrogens (tertiary/aromatic N) is 2. The molecule has 2 aromatic rings. The van der Waals surface area contributed by atoms with Gasteiger partial charge in [0.25, 0.3) is 5.91 Å². The van der Waals surface area contributed by atoms with Crippen molar-refractivity contribution in [2.45, 2.75) is 77.4 Å². The highest BCUT2D eigenvalue weighted by Gasteiger charge is 2.42. The summed E-state index contributed by atoms with van der Waals surface area (Å²) in [7, 11) is 0. The van der Waals surface area contributed by atoms with Gasteiger partial charge in [0.2, 0.25) is 11.8 Å². The molecular formula is C29H36N4O6S. The fraction of sp³-hybridized carbons (Fsp3) is 0.517. The van der Waals surface area contributed by atoms with Crippen molar-refractivity contribution >= 4 is 45.8 Å². The third kappa shape index (κ3) is 5.79. The topological polar surface area (TPSA) is 117 Å². The Morgan fingerprint density at radius 1 is 1.00 bits per heavy atom. The number of hydrogen-bond donors (Lipinski definition) is 2. The highest BCUT2D eigenvalue weighted by Crippen LogP contribution is 2.39. The summed E-state index contributed by atoms with van der Waals surface area (Å²) in [6.07, 6.45) is 4.85. The predicted molar refractivity (Wildman–Crippen MR) is 152 cm³/mol. The molecule has 4 amide bonds. The van der Waals surface area contributed by atoms with Crippen molar-refractivity contribution in [2.24, 2.45) is 0 Å². The quantitative estimate of drug-likeness (QED) is 0.473. The summed E-state index contributed by atoms with van der Waals surface area (Å²) in [5, 5.41) is 6.41. The van der Waals surface area contributed by atoms with Crippen molar-refractivity contribution in [1.82, 2.24) is 9.80 Å². The molecule has 1 atom stereocenters. The average Bonchev–Trinajstić information content (AvgIpc) is 3.68. The van der Waals surface area contributed by atoms with Crippen LogP contribution in [0.25, 0.3) is 0 Å². The van der Waals surface area contributed by atoms with Gasteiger partial charge in [-0.15, -0.1) is 11.3 Å². The van der Waals surface area contributed by atoms with Gasteiger partial charge in [-0.3, -0.25) is 14.4 Å². The molecule has 3 aliphatic rings. The van der Waals surface area contributed by atoms with Crippen LogP contribution < -0.4 is 15.4 Å². The van der Waals surface area contributed by atoms with Crippen LogP contribution in [0.4, 0.5) is 15.5 Å². The van der Waals surface area contributed by atoms with Crippen LogP contribution in [0.3, 0.4) is 0 Å². The Kier molecular flexibility index (Phi) is 8.58. The fourth-order valence-corrected chi connectivity index (χ4v) is 7.16. The molecule has 10 nitrogen and oxygen atoms in total. The van der Waals surface area contributed by atoms with Crippen molar-refractivity contribution in [3.05, 3.63) is 40.3 Å². The second kappa shape index (κ2) is 12.3. The summed E-state index contributed by atoms with van der Waals surface area (Å²) in [5.41, 5.74) is 1.82. The first-order chi connectivity index (χ1) is 19.4. The van der Waals surface area contributed by atoms with Crippen molar-refractivity contribution in [1.29, 1.82) is 0 Å². The minimum atomic E-state index is -0.548. The lowest BCUT2D eigenvalue weighted by Crippen LogP contribution is -2.46. The molecule has 0 bridgehead atoms. The van der Waals surface area contributed by atoms with Gasteiger partial charge in [0, 0.05) is 29.6 Å². The van der Waals surface area contributed by atoms with Crippen LogP contribution in [-0.4, -0.2) is 65.5 Å². The number of carbonyl (C=O) groups excluding carboxylic acids is 4. The van der Waals surface area contributed by atoms with Crippen LogP contribution in [0.1, 0.15) is 73.2 Å². The molecule has 1 saturated carbocycles. The second-order valence-electron chi connectivity index (χ2n) is 10.3. The molecule has 5 rings (SSSR count). The van der Waals surface area contributed by atoms with Crippen molar-refractivity contribution in [2.75, 3.05) is 30.4 Å². The molecule has 1 saturated heterocycles. The Morgan fingerprint density at radius 3 is 2.45 bits per heavy atom. The van der Waals surface area contributed by atoms with E-state index in [4.69, 9.17) is 9.47 Å². The zero-order chi connectivity index (χ0) is 28.2. The molecule has 1 aromatic heterocycles. The summed E-state index contributed by atoms with van der Waals surface area (Å²) in [5.74, 6) is 0.125. The number of benzene rings is 1. The number of carbonyl (C=O) groups is 4. The summed E-state index contributed by atoms with van der Waals surface area (Å²) in [6, 6.07) is 6.67. The molecule has 3 heterocycles. The fourth-order valence-electron chi connectivity index (χ4n) is 5.89. The first-order valence-electron chi connectivity index (χ1n) is 14.1. The summed E-state index contributed by atoms with van der Waals surface area (Å²) < 4.78 is 10.7. The molecule has 2 N–H and O–H groups in total. The summed E-state index contributed by atoms with van der Waals surface area (Å²) >= 11 is 1.30. The SMILES string of the molecule is CCOC(=O)N1CCc2c(sc(NC(=O)[C@H]3CCC(=O)N3C3CCCC3)c2C(=O)Nc2ccc(OCC)cc2)C1.